The van der Waals surface area contributed by atoms with Gasteiger partial charge < -0.3 is 10.2 Å². The maximum absolute atomic E-state index is 12.5. The molecule has 1 aliphatic heterocycles. The second-order valence-corrected chi connectivity index (χ2v) is 10.3. The summed E-state index contributed by atoms with van der Waals surface area (Å²) in [4.78, 5) is 27.4. The molecule has 0 atom stereocenters. The molecule has 0 unspecified atom stereocenters. The molecule has 0 saturated heterocycles. The van der Waals surface area contributed by atoms with Gasteiger partial charge in [-0.05, 0) is 43.7 Å². The number of nitrogens with zero attached hydrogens (tertiary/aromatic N) is 2. The van der Waals surface area contributed by atoms with E-state index in [0.29, 0.717) is 5.75 Å². The lowest BCUT2D eigenvalue weighted by Gasteiger charge is -2.28. The number of fused-ring (bicyclic) bond motifs is 1. The van der Waals surface area contributed by atoms with Gasteiger partial charge in [-0.1, -0.05) is 24.3 Å². The number of thioether (sulfide) groups is 1. The Hall–Kier alpha value is -2.36. The summed E-state index contributed by atoms with van der Waals surface area (Å²) >= 11 is 1.47. The van der Waals surface area contributed by atoms with E-state index in [1.54, 1.807) is 19.2 Å². The number of carbonyl (C=O) groups is 2. The minimum atomic E-state index is -3.54. The van der Waals surface area contributed by atoms with E-state index in [2.05, 4.69) is 5.32 Å². The molecule has 0 spiro atoms. The average Bonchev–Trinajstić information content (AvgIpc) is 2.74. The highest BCUT2D eigenvalue weighted by Gasteiger charge is 2.26. The summed E-state index contributed by atoms with van der Waals surface area (Å²) in [6, 6.07) is 13.8. The Labute approximate surface area is 181 Å². The average molecular weight is 448 g/mol. The third-order valence-electron chi connectivity index (χ3n) is 4.93. The van der Waals surface area contributed by atoms with E-state index >= 15 is 0 Å². The number of hydrogen-bond acceptors (Lipinski definition) is 5. The second kappa shape index (κ2) is 9.20. The largest absolute Gasteiger partial charge is 0.350 e. The van der Waals surface area contributed by atoms with Crippen molar-refractivity contribution in [1.82, 2.24) is 9.62 Å². The Bertz CT molecular complexity index is 1040. The van der Waals surface area contributed by atoms with Crippen LogP contribution in [0.2, 0.25) is 0 Å². The lowest BCUT2D eigenvalue weighted by Crippen LogP contribution is -2.43. The van der Waals surface area contributed by atoms with Crippen molar-refractivity contribution in [3.8, 4) is 0 Å². The van der Waals surface area contributed by atoms with E-state index in [1.165, 1.54) is 33.1 Å². The molecular formula is C21H25N3O4S2. The van der Waals surface area contributed by atoms with Gasteiger partial charge in [0.1, 0.15) is 6.54 Å². The Morgan fingerprint density at radius 1 is 1.17 bits per heavy atom. The topological polar surface area (TPSA) is 86.8 Å². The summed E-state index contributed by atoms with van der Waals surface area (Å²) in [5, 5.41) is 2.80. The van der Waals surface area contributed by atoms with Crippen molar-refractivity contribution in [1.29, 1.82) is 0 Å². The number of carbonyl (C=O) groups excluding carboxylic acids is 2. The third kappa shape index (κ3) is 4.85. The van der Waals surface area contributed by atoms with Gasteiger partial charge in [0.25, 0.3) is 0 Å². The maximum atomic E-state index is 12.5. The Kier molecular flexibility index (Phi) is 6.84. The molecule has 1 N–H and O–H groups in total. The first-order valence-corrected chi connectivity index (χ1v) is 12.0. The van der Waals surface area contributed by atoms with Gasteiger partial charge >= 0.3 is 0 Å². The predicted octanol–water partition coefficient (Wildman–Crippen LogP) is 2.47. The highest BCUT2D eigenvalue weighted by Crippen LogP contribution is 2.34. The smallest absolute Gasteiger partial charge is 0.243 e. The normalized spacial score (nSPS) is 14.2. The summed E-state index contributed by atoms with van der Waals surface area (Å²) in [5.74, 6) is -0.0654. The van der Waals surface area contributed by atoms with Crippen LogP contribution in [-0.2, 0) is 26.2 Å². The van der Waals surface area contributed by atoms with Crippen molar-refractivity contribution in [2.24, 2.45) is 0 Å². The first-order chi connectivity index (χ1) is 14.2. The minimum absolute atomic E-state index is 0.0535. The van der Waals surface area contributed by atoms with E-state index in [1.807, 2.05) is 38.1 Å². The molecule has 1 aliphatic rings. The van der Waals surface area contributed by atoms with Crippen molar-refractivity contribution < 1.29 is 18.0 Å². The van der Waals surface area contributed by atoms with Crippen LogP contribution < -0.4 is 10.2 Å². The van der Waals surface area contributed by atoms with Crippen LogP contribution in [0.3, 0.4) is 0 Å². The fourth-order valence-electron chi connectivity index (χ4n) is 2.95. The predicted molar refractivity (Wildman–Crippen MR) is 118 cm³/mol. The molecule has 30 heavy (non-hydrogen) atoms. The molecule has 0 aliphatic carbocycles. The van der Waals surface area contributed by atoms with Crippen molar-refractivity contribution in [3.05, 3.63) is 54.1 Å². The van der Waals surface area contributed by atoms with Crippen LogP contribution >= 0.6 is 11.8 Å². The van der Waals surface area contributed by atoms with Gasteiger partial charge in [0, 0.05) is 24.5 Å². The van der Waals surface area contributed by atoms with Gasteiger partial charge in [0.15, 0.2) is 0 Å². The zero-order valence-electron chi connectivity index (χ0n) is 17.2. The highest BCUT2D eigenvalue weighted by molar-refractivity contribution is 8.00. The van der Waals surface area contributed by atoms with E-state index in [4.69, 9.17) is 0 Å². The van der Waals surface area contributed by atoms with Crippen LogP contribution in [0.15, 0.2) is 58.3 Å². The van der Waals surface area contributed by atoms with Gasteiger partial charge in [-0.3, -0.25) is 9.59 Å². The van der Waals surface area contributed by atoms with Crippen LogP contribution in [0.25, 0.3) is 0 Å². The van der Waals surface area contributed by atoms with Gasteiger partial charge in [0.2, 0.25) is 21.8 Å². The summed E-state index contributed by atoms with van der Waals surface area (Å²) in [6.07, 6.45) is 0. The number of benzene rings is 2. The zero-order chi connectivity index (χ0) is 21.9. The molecule has 7 nitrogen and oxygen atoms in total. The molecule has 2 aromatic rings. The van der Waals surface area contributed by atoms with Gasteiger partial charge in [-0.15, -0.1) is 11.8 Å². The number of sulfonamides is 1. The Balaban J connectivity index is 1.61. The number of amides is 2. The van der Waals surface area contributed by atoms with Crippen molar-refractivity contribution in [3.63, 3.8) is 0 Å². The van der Waals surface area contributed by atoms with Crippen LogP contribution in [0.4, 0.5) is 5.69 Å². The summed E-state index contributed by atoms with van der Waals surface area (Å²) in [5.41, 5.74) is 1.52. The lowest BCUT2D eigenvalue weighted by atomic mass is 10.2. The van der Waals surface area contributed by atoms with E-state index < -0.39 is 10.0 Å². The highest BCUT2D eigenvalue weighted by atomic mass is 32.2. The maximum Gasteiger partial charge on any atom is 0.243 e. The molecule has 0 bridgehead atoms. The van der Waals surface area contributed by atoms with Gasteiger partial charge in [-0.25, -0.2) is 8.42 Å². The van der Waals surface area contributed by atoms with Crippen molar-refractivity contribution in [2.75, 3.05) is 24.2 Å². The fraction of sp³-hybridized carbons (Fsp3) is 0.333. The molecule has 2 amide bonds. The lowest BCUT2D eigenvalue weighted by molar-refractivity contribution is -0.123. The molecule has 0 aromatic heterocycles. The molecule has 1 heterocycles. The summed E-state index contributed by atoms with van der Waals surface area (Å²) in [7, 11) is -1.99. The van der Waals surface area contributed by atoms with E-state index in [9.17, 15) is 18.0 Å². The monoisotopic (exact) mass is 447 g/mol. The molecule has 0 saturated carbocycles. The molecule has 160 valence electrons. The Morgan fingerprint density at radius 2 is 1.83 bits per heavy atom. The molecule has 0 radical (unpaired) electrons. The number of nitrogens with one attached hydrogen (secondary N) is 1. The van der Waals surface area contributed by atoms with Crippen LogP contribution in [0.1, 0.15) is 19.4 Å². The van der Waals surface area contributed by atoms with Gasteiger partial charge in [-0.2, -0.15) is 4.31 Å². The van der Waals surface area contributed by atoms with E-state index in [-0.39, 0.29) is 35.8 Å². The first-order valence-electron chi connectivity index (χ1n) is 9.56. The number of para-hydroxylation sites is 1. The molecule has 9 heteroatoms. The van der Waals surface area contributed by atoms with Crippen LogP contribution in [0, 0.1) is 0 Å². The zero-order valence-corrected chi connectivity index (χ0v) is 18.8. The second-order valence-electron chi connectivity index (χ2n) is 7.27. The number of rotatable bonds is 7. The molecular weight excluding hydrogens is 422 g/mol. The third-order valence-corrected chi connectivity index (χ3v) is 8.02. The van der Waals surface area contributed by atoms with E-state index in [0.717, 1.165) is 16.1 Å². The van der Waals surface area contributed by atoms with Crippen molar-refractivity contribution >= 4 is 39.3 Å². The van der Waals surface area contributed by atoms with Gasteiger partial charge in [0.05, 0.1) is 16.3 Å². The quantitative estimate of drug-likeness (QED) is 0.705. The standard InChI is InChI=1S/C21H25N3O4S2/c1-15(2)23(3)30(27,28)17-10-8-16(9-11-17)12-22-20(25)13-24-18-6-4-5-7-19(18)29-14-21(24)26/h4-11,15H,12-14H2,1-3H3,(H,22,25). The minimum Gasteiger partial charge on any atom is -0.350 e. The Morgan fingerprint density at radius 3 is 2.50 bits per heavy atom. The fourth-order valence-corrected chi connectivity index (χ4v) is 5.25. The van der Waals surface area contributed by atoms with Crippen molar-refractivity contribution in [2.45, 2.75) is 36.2 Å². The number of anilines is 1. The summed E-state index contributed by atoms with van der Waals surface area (Å²) < 4.78 is 26.4. The van der Waals surface area contributed by atoms with Crippen LogP contribution in [0.5, 0.6) is 0 Å². The summed E-state index contributed by atoms with van der Waals surface area (Å²) in [6.45, 7) is 3.82. The molecule has 2 aromatic carbocycles. The molecule has 3 rings (SSSR count). The van der Waals surface area contributed by atoms with Crippen LogP contribution in [-0.4, -0.2) is 49.9 Å². The first kappa shape index (κ1) is 22.3. The SMILES string of the molecule is CC(C)N(C)S(=O)(=O)c1ccc(CNC(=O)CN2C(=O)CSc3ccccc32)cc1. The number of hydrogen-bond donors (Lipinski definition) is 1. The molecule has 0 fully saturated rings.